The smallest absolute Gasteiger partial charge is 0.343 e. The number of rotatable bonds is 6. The van der Waals surface area contributed by atoms with Crippen LogP contribution in [0.4, 0.5) is 0 Å². The number of carbonyl (C=O) groups is 2. The molecule has 0 bridgehead atoms. The molecule has 162 valence electrons. The van der Waals surface area contributed by atoms with E-state index in [1.807, 2.05) is 42.5 Å². The van der Waals surface area contributed by atoms with Crippen LogP contribution in [0.1, 0.15) is 43.0 Å². The van der Waals surface area contributed by atoms with E-state index in [0.29, 0.717) is 18.1 Å². The quantitative estimate of drug-likeness (QED) is 0.519. The number of ketones is 1. The topological polar surface area (TPSA) is 65.1 Å². The number of ether oxygens (including phenoxy) is 3. The lowest BCUT2D eigenvalue weighted by Gasteiger charge is -2.44. The van der Waals surface area contributed by atoms with E-state index in [9.17, 15) is 9.59 Å². The molecular weight excluding hydrogens is 394 g/mol. The maximum atomic E-state index is 12.7. The van der Waals surface area contributed by atoms with Crippen molar-refractivity contribution in [3.8, 4) is 11.5 Å². The highest BCUT2D eigenvalue weighted by Crippen LogP contribution is 2.43. The van der Waals surface area contributed by atoms with Crippen molar-refractivity contribution in [1.29, 1.82) is 0 Å². The molecule has 0 saturated carbocycles. The molecule has 0 spiro atoms. The van der Waals surface area contributed by atoms with Gasteiger partial charge in [0.05, 0.1) is 19.8 Å². The molecular formula is C25H27NO5. The van der Waals surface area contributed by atoms with Gasteiger partial charge in [-0.3, -0.25) is 4.79 Å². The van der Waals surface area contributed by atoms with Gasteiger partial charge < -0.3 is 19.1 Å². The van der Waals surface area contributed by atoms with E-state index >= 15 is 0 Å². The highest BCUT2D eigenvalue weighted by Gasteiger charge is 2.39. The zero-order valence-electron chi connectivity index (χ0n) is 18.1. The van der Waals surface area contributed by atoms with Crippen LogP contribution in [0, 0.1) is 0 Å². The Balaban J connectivity index is 1.64. The summed E-state index contributed by atoms with van der Waals surface area (Å²) < 4.78 is 16.7. The van der Waals surface area contributed by atoms with Gasteiger partial charge in [-0.05, 0) is 49.1 Å². The number of methoxy groups -OCH3 is 1. The molecule has 6 nitrogen and oxygen atoms in total. The first-order chi connectivity index (χ1) is 15.0. The zero-order valence-corrected chi connectivity index (χ0v) is 18.1. The van der Waals surface area contributed by atoms with Crippen LogP contribution in [0.3, 0.4) is 0 Å². The fraction of sp³-hybridized carbons (Fsp3) is 0.360. The highest BCUT2D eigenvalue weighted by atomic mass is 16.5. The van der Waals surface area contributed by atoms with Gasteiger partial charge in [0.1, 0.15) is 12.2 Å². The summed E-state index contributed by atoms with van der Waals surface area (Å²) in [5.41, 5.74) is 3.38. The Morgan fingerprint density at radius 1 is 1.13 bits per heavy atom. The summed E-state index contributed by atoms with van der Waals surface area (Å²) >= 11 is 0. The van der Waals surface area contributed by atoms with Crippen molar-refractivity contribution in [1.82, 2.24) is 4.90 Å². The van der Waals surface area contributed by atoms with Crippen LogP contribution in [0.15, 0.2) is 54.2 Å². The molecule has 2 aromatic rings. The summed E-state index contributed by atoms with van der Waals surface area (Å²) in [6.45, 7) is 4.53. The minimum absolute atomic E-state index is 0.128. The average Bonchev–Trinajstić information content (AvgIpc) is 2.77. The maximum Gasteiger partial charge on any atom is 0.343 e. The van der Waals surface area contributed by atoms with Crippen LogP contribution in [0.5, 0.6) is 11.5 Å². The Morgan fingerprint density at radius 2 is 1.90 bits per heavy atom. The van der Waals surface area contributed by atoms with Crippen molar-refractivity contribution in [2.24, 2.45) is 0 Å². The normalized spacial score (nSPS) is 19.8. The number of Topliss-reactive ketones (excluding diaryl/α,β-unsaturated/α-hetero) is 1. The molecule has 31 heavy (non-hydrogen) atoms. The summed E-state index contributed by atoms with van der Waals surface area (Å²) in [7, 11) is 1.62. The lowest BCUT2D eigenvalue weighted by molar-refractivity contribution is -0.140. The first kappa shape index (κ1) is 21.0. The molecule has 2 atom stereocenters. The minimum atomic E-state index is -0.550. The van der Waals surface area contributed by atoms with Crippen molar-refractivity contribution in [2.75, 3.05) is 13.7 Å². The fourth-order valence-electron chi connectivity index (χ4n) is 4.32. The molecule has 6 heteroatoms. The molecule has 0 saturated heterocycles. The molecule has 0 radical (unpaired) electrons. The molecule has 0 fully saturated rings. The van der Waals surface area contributed by atoms with E-state index in [1.165, 1.54) is 0 Å². The van der Waals surface area contributed by atoms with Gasteiger partial charge in [0.2, 0.25) is 0 Å². The van der Waals surface area contributed by atoms with Gasteiger partial charge in [0.15, 0.2) is 17.3 Å². The van der Waals surface area contributed by atoms with E-state index in [1.54, 1.807) is 20.2 Å². The van der Waals surface area contributed by atoms with Gasteiger partial charge in [-0.15, -0.1) is 0 Å². The number of benzene rings is 2. The molecule has 2 aliphatic rings. The Labute approximate surface area is 182 Å². The van der Waals surface area contributed by atoms with Crippen LogP contribution in [-0.4, -0.2) is 36.4 Å². The number of carbonyl (C=O) groups excluding carboxylic acids is 2. The van der Waals surface area contributed by atoms with Gasteiger partial charge in [-0.25, -0.2) is 4.79 Å². The zero-order chi connectivity index (χ0) is 22.0. The third-order valence-corrected chi connectivity index (χ3v) is 5.86. The van der Waals surface area contributed by atoms with E-state index in [4.69, 9.17) is 14.2 Å². The number of hydrogen-bond acceptors (Lipinski definition) is 6. The minimum Gasteiger partial charge on any atom is -0.493 e. The summed E-state index contributed by atoms with van der Waals surface area (Å²) in [6, 6.07) is 14.0. The number of esters is 1. The van der Waals surface area contributed by atoms with Crippen molar-refractivity contribution in [2.45, 2.75) is 45.4 Å². The van der Waals surface area contributed by atoms with Gasteiger partial charge >= 0.3 is 5.97 Å². The number of hydrogen-bond donors (Lipinski definition) is 0. The van der Waals surface area contributed by atoms with Crippen LogP contribution >= 0.6 is 0 Å². The van der Waals surface area contributed by atoms with E-state index < -0.39 is 5.97 Å². The van der Waals surface area contributed by atoms with Gasteiger partial charge in [0, 0.05) is 18.7 Å². The van der Waals surface area contributed by atoms with Crippen LogP contribution in [0.2, 0.25) is 0 Å². The molecule has 0 N–H and O–H groups in total. The van der Waals surface area contributed by atoms with Gasteiger partial charge in [-0.2, -0.15) is 0 Å². The molecule has 2 unspecified atom stereocenters. The first-order valence-corrected chi connectivity index (χ1v) is 10.6. The molecule has 0 aromatic heterocycles. The first-order valence-electron chi connectivity index (χ1n) is 10.6. The standard InChI is InChI=1S/C25H27NO5/c1-4-30-25(28)20-14-26-16(2)10-18-11-24(31-15-17-8-6-5-7-9-17)23(29-3)12-19(18)21(26)13-22(20)27/h5-9,11-12,14,16,21H,4,10,13,15H2,1-3H3. The fourth-order valence-corrected chi connectivity index (χ4v) is 4.32. The predicted molar refractivity (Wildman–Crippen MR) is 116 cm³/mol. The molecule has 2 aliphatic heterocycles. The Bertz CT molecular complexity index is 1010. The average molecular weight is 421 g/mol. The van der Waals surface area contributed by atoms with Crippen molar-refractivity contribution in [3.05, 3.63) is 70.9 Å². The lowest BCUT2D eigenvalue weighted by Crippen LogP contribution is -2.43. The van der Waals surface area contributed by atoms with Crippen LogP contribution in [0.25, 0.3) is 0 Å². The lowest BCUT2D eigenvalue weighted by atomic mass is 9.83. The Kier molecular flexibility index (Phi) is 5.98. The van der Waals surface area contributed by atoms with Crippen molar-refractivity contribution in [3.63, 3.8) is 0 Å². The van der Waals surface area contributed by atoms with Crippen molar-refractivity contribution < 1.29 is 23.8 Å². The SMILES string of the molecule is CCOC(=O)C1=CN2C(C)Cc3cc(OCc4ccccc4)c(OC)cc3C2CC1=O. The van der Waals surface area contributed by atoms with Crippen LogP contribution in [-0.2, 0) is 27.4 Å². The molecule has 4 rings (SSSR count). The third-order valence-electron chi connectivity index (χ3n) is 5.86. The highest BCUT2D eigenvalue weighted by molar-refractivity contribution is 6.17. The number of nitrogens with zero attached hydrogens (tertiary/aromatic N) is 1. The second kappa shape index (κ2) is 8.84. The maximum absolute atomic E-state index is 12.7. The summed E-state index contributed by atoms with van der Waals surface area (Å²) in [6.07, 6.45) is 2.68. The monoisotopic (exact) mass is 421 g/mol. The molecule has 0 aliphatic carbocycles. The van der Waals surface area contributed by atoms with E-state index in [0.717, 1.165) is 23.1 Å². The summed E-state index contributed by atoms with van der Waals surface area (Å²) in [5, 5.41) is 0. The second-order valence-electron chi connectivity index (χ2n) is 7.88. The number of fused-ring (bicyclic) bond motifs is 3. The second-order valence-corrected chi connectivity index (χ2v) is 7.88. The van der Waals surface area contributed by atoms with Crippen LogP contribution < -0.4 is 9.47 Å². The van der Waals surface area contributed by atoms with Gasteiger partial charge in [-0.1, -0.05) is 30.3 Å². The third kappa shape index (κ3) is 4.15. The largest absolute Gasteiger partial charge is 0.493 e. The Morgan fingerprint density at radius 3 is 2.61 bits per heavy atom. The summed E-state index contributed by atoms with van der Waals surface area (Å²) in [4.78, 5) is 27.0. The van der Waals surface area contributed by atoms with E-state index in [-0.39, 0.29) is 36.5 Å². The molecule has 0 amide bonds. The Hall–Kier alpha value is -3.28. The van der Waals surface area contributed by atoms with Gasteiger partial charge in [0.25, 0.3) is 0 Å². The molecule has 2 aromatic carbocycles. The predicted octanol–water partition coefficient (Wildman–Crippen LogP) is 3.98. The molecule has 2 heterocycles. The van der Waals surface area contributed by atoms with Crippen molar-refractivity contribution >= 4 is 11.8 Å². The van der Waals surface area contributed by atoms with E-state index in [2.05, 4.69) is 11.8 Å². The summed E-state index contributed by atoms with van der Waals surface area (Å²) in [5.74, 6) is 0.585.